The second kappa shape index (κ2) is 4.24. The minimum absolute atomic E-state index is 0.0179. The van der Waals surface area contributed by atoms with Crippen molar-refractivity contribution in [3.63, 3.8) is 0 Å². The van der Waals surface area contributed by atoms with Gasteiger partial charge in [0.1, 0.15) is 5.60 Å². The predicted octanol–water partition coefficient (Wildman–Crippen LogP) is 2.68. The van der Waals surface area contributed by atoms with Gasteiger partial charge in [-0.15, -0.1) is 11.3 Å². The Hall–Kier alpha value is -1.07. The van der Waals surface area contributed by atoms with Crippen molar-refractivity contribution in [1.29, 1.82) is 0 Å². The molecule has 1 N–H and O–H groups in total. The quantitative estimate of drug-likeness (QED) is 0.786. The maximum absolute atomic E-state index is 11.1. The van der Waals surface area contributed by atoms with Gasteiger partial charge in [0.25, 0.3) is 0 Å². The van der Waals surface area contributed by atoms with Crippen molar-refractivity contribution >= 4 is 17.4 Å². The van der Waals surface area contributed by atoms with Crippen LogP contribution in [-0.4, -0.2) is 35.3 Å². The third-order valence-electron chi connectivity index (χ3n) is 4.07. The Kier molecular flexibility index (Phi) is 2.83. The van der Waals surface area contributed by atoms with Crippen molar-refractivity contribution < 1.29 is 14.6 Å². The molecule has 0 saturated carbocycles. The Morgan fingerprint density at radius 2 is 2.50 bits per heavy atom. The maximum atomic E-state index is 11.1. The standard InChI is InChI=1S/C13H17NO3S/c1-9-8-13(4-5-14(9)12(15)16)11-10(2-6-17-13)3-7-18-11/h3,7,9H,2,4-6,8H2,1H3,(H,15,16). The number of likely N-dealkylation sites (tertiary alicyclic amines) is 1. The fraction of sp³-hybridized carbons (Fsp3) is 0.615. The molecule has 2 atom stereocenters. The molecule has 1 spiro atoms. The molecule has 0 aliphatic carbocycles. The zero-order chi connectivity index (χ0) is 12.8. The second-order valence-corrected chi connectivity index (χ2v) is 6.06. The van der Waals surface area contributed by atoms with Crippen LogP contribution in [0.2, 0.25) is 0 Å². The summed E-state index contributed by atoms with van der Waals surface area (Å²) in [6, 6.07) is 2.20. The zero-order valence-electron chi connectivity index (χ0n) is 10.4. The molecule has 1 fully saturated rings. The number of carbonyl (C=O) groups is 1. The van der Waals surface area contributed by atoms with Crippen molar-refractivity contribution in [1.82, 2.24) is 4.90 Å². The fourth-order valence-corrected chi connectivity index (χ4v) is 4.34. The van der Waals surface area contributed by atoms with Crippen LogP contribution in [0.1, 0.15) is 30.2 Å². The van der Waals surface area contributed by atoms with Crippen molar-refractivity contribution in [2.24, 2.45) is 0 Å². The Bertz CT molecular complexity index is 473. The van der Waals surface area contributed by atoms with E-state index < -0.39 is 6.09 Å². The van der Waals surface area contributed by atoms with E-state index >= 15 is 0 Å². The lowest BCUT2D eigenvalue weighted by molar-refractivity contribution is -0.104. The van der Waals surface area contributed by atoms with Gasteiger partial charge < -0.3 is 14.7 Å². The maximum Gasteiger partial charge on any atom is 0.407 e. The minimum Gasteiger partial charge on any atom is -0.465 e. The highest BCUT2D eigenvalue weighted by Crippen LogP contribution is 2.45. The lowest BCUT2D eigenvalue weighted by Crippen LogP contribution is -2.51. The van der Waals surface area contributed by atoms with E-state index in [0.29, 0.717) is 6.54 Å². The predicted molar refractivity (Wildman–Crippen MR) is 69.1 cm³/mol. The van der Waals surface area contributed by atoms with Gasteiger partial charge in [-0.2, -0.15) is 0 Å². The van der Waals surface area contributed by atoms with E-state index in [4.69, 9.17) is 9.84 Å². The summed E-state index contributed by atoms with van der Waals surface area (Å²) in [5.41, 5.74) is 1.16. The third kappa shape index (κ3) is 1.73. The van der Waals surface area contributed by atoms with Crippen LogP contribution in [0.4, 0.5) is 4.79 Å². The van der Waals surface area contributed by atoms with Gasteiger partial charge in [-0.1, -0.05) is 0 Å². The van der Waals surface area contributed by atoms with Gasteiger partial charge in [0.2, 0.25) is 0 Å². The molecule has 98 valence electrons. The van der Waals surface area contributed by atoms with Crippen LogP contribution in [0.25, 0.3) is 0 Å². The molecule has 2 aliphatic rings. The van der Waals surface area contributed by atoms with Gasteiger partial charge in [0.15, 0.2) is 0 Å². The molecule has 1 aromatic rings. The van der Waals surface area contributed by atoms with E-state index in [9.17, 15) is 4.79 Å². The molecule has 1 aromatic heterocycles. The topological polar surface area (TPSA) is 49.8 Å². The highest BCUT2D eigenvalue weighted by molar-refractivity contribution is 7.10. The lowest BCUT2D eigenvalue weighted by Gasteiger charge is -2.46. The number of thiophene rings is 1. The molecule has 3 heterocycles. The molecule has 0 bridgehead atoms. The molecular formula is C13H17NO3S. The van der Waals surface area contributed by atoms with Crippen LogP contribution in [0, 0.1) is 0 Å². The van der Waals surface area contributed by atoms with Crippen LogP contribution in [-0.2, 0) is 16.8 Å². The van der Waals surface area contributed by atoms with Crippen LogP contribution in [0.5, 0.6) is 0 Å². The van der Waals surface area contributed by atoms with Gasteiger partial charge in [-0.3, -0.25) is 0 Å². The van der Waals surface area contributed by atoms with Crippen molar-refractivity contribution in [2.45, 2.75) is 37.8 Å². The Morgan fingerprint density at radius 3 is 3.22 bits per heavy atom. The highest BCUT2D eigenvalue weighted by Gasteiger charge is 2.45. The molecule has 1 saturated heterocycles. The largest absolute Gasteiger partial charge is 0.465 e. The number of hydrogen-bond acceptors (Lipinski definition) is 3. The summed E-state index contributed by atoms with van der Waals surface area (Å²) in [6.45, 7) is 3.29. The van der Waals surface area contributed by atoms with Crippen LogP contribution in [0.3, 0.4) is 0 Å². The number of fused-ring (bicyclic) bond motifs is 2. The van der Waals surface area contributed by atoms with Crippen LogP contribution >= 0.6 is 11.3 Å². The van der Waals surface area contributed by atoms with E-state index in [2.05, 4.69) is 11.4 Å². The average Bonchev–Trinajstić information content (AvgIpc) is 2.78. The molecular weight excluding hydrogens is 250 g/mol. The summed E-state index contributed by atoms with van der Waals surface area (Å²) >= 11 is 1.75. The van der Waals surface area contributed by atoms with Crippen LogP contribution < -0.4 is 0 Å². The average molecular weight is 267 g/mol. The molecule has 18 heavy (non-hydrogen) atoms. The first kappa shape index (κ1) is 12.0. The van der Waals surface area contributed by atoms with Gasteiger partial charge in [-0.25, -0.2) is 4.79 Å². The first-order valence-electron chi connectivity index (χ1n) is 6.33. The molecule has 0 aromatic carbocycles. The number of amides is 1. The van der Waals surface area contributed by atoms with E-state index in [-0.39, 0.29) is 11.6 Å². The highest BCUT2D eigenvalue weighted by atomic mass is 32.1. The number of ether oxygens (including phenoxy) is 1. The number of rotatable bonds is 0. The lowest BCUT2D eigenvalue weighted by atomic mass is 9.82. The Labute approximate surface area is 110 Å². The summed E-state index contributed by atoms with van der Waals surface area (Å²) in [4.78, 5) is 14.0. The molecule has 5 heteroatoms. The second-order valence-electron chi connectivity index (χ2n) is 5.15. The number of carboxylic acid groups (broad SMARTS) is 1. The normalized spacial score (nSPS) is 31.4. The van der Waals surface area contributed by atoms with Gasteiger partial charge in [0.05, 0.1) is 6.61 Å². The SMILES string of the molecule is CC1CC2(CCN1C(=O)O)OCCc1ccsc12. The minimum atomic E-state index is -0.820. The number of piperidine rings is 1. The number of hydrogen-bond donors (Lipinski definition) is 1. The molecule has 2 unspecified atom stereocenters. The number of nitrogens with zero attached hydrogens (tertiary/aromatic N) is 1. The Balaban J connectivity index is 1.89. The van der Waals surface area contributed by atoms with Crippen molar-refractivity contribution in [3.8, 4) is 0 Å². The Morgan fingerprint density at radius 1 is 1.67 bits per heavy atom. The summed E-state index contributed by atoms with van der Waals surface area (Å²) in [5, 5.41) is 11.3. The fourth-order valence-electron chi connectivity index (χ4n) is 3.19. The summed E-state index contributed by atoms with van der Waals surface area (Å²) in [7, 11) is 0. The molecule has 1 amide bonds. The van der Waals surface area contributed by atoms with Gasteiger partial charge in [0, 0.05) is 23.9 Å². The van der Waals surface area contributed by atoms with Crippen molar-refractivity contribution in [3.05, 3.63) is 21.9 Å². The first-order valence-corrected chi connectivity index (χ1v) is 7.21. The summed E-state index contributed by atoms with van der Waals surface area (Å²) in [5.74, 6) is 0. The van der Waals surface area contributed by atoms with Crippen molar-refractivity contribution in [2.75, 3.05) is 13.2 Å². The molecule has 2 aliphatic heterocycles. The molecule has 0 radical (unpaired) electrons. The van der Waals surface area contributed by atoms with E-state index in [1.54, 1.807) is 11.3 Å². The smallest absolute Gasteiger partial charge is 0.407 e. The summed E-state index contributed by atoms with van der Waals surface area (Å²) in [6.07, 6.45) is 1.71. The molecule has 4 nitrogen and oxygen atoms in total. The monoisotopic (exact) mass is 267 g/mol. The van der Waals surface area contributed by atoms with Gasteiger partial charge in [-0.05, 0) is 36.8 Å². The van der Waals surface area contributed by atoms with Gasteiger partial charge >= 0.3 is 6.09 Å². The molecule has 3 rings (SSSR count). The first-order chi connectivity index (χ1) is 8.62. The third-order valence-corrected chi connectivity index (χ3v) is 5.21. The van der Waals surface area contributed by atoms with E-state index in [0.717, 1.165) is 25.9 Å². The van der Waals surface area contributed by atoms with E-state index in [1.807, 2.05) is 6.92 Å². The zero-order valence-corrected chi connectivity index (χ0v) is 11.2. The van der Waals surface area contributed by atoms with Crippen LogP contribution in [0.15, 0.2) is 11.4 Å². The summed E-state index contributed by atoms with van der Waals surface area (Å²) < 4.78 is 6.08. The van der Waals surface area contributed by atoms with E-state index in [1.165, 1.54) is 15.3 Å².